The number of ether oxygens (including phenoxy) is 9. The number of esters is 1. The van der Waals surface area contributed by atoms with E-state index in [1.807, 2.05) is 0 Å². The molecule has 7 fully saturated rings. The fourth-order valence-electron chi connectivity index (χ4n) is 10.7. The number of hydrogen-bond acceptors (Lipinski definition) is 23. The van der Waals surface area contributed by atoms with Gasteiger partial charge in [0.2, 0.25) is 0 Å². The molecule has 66 heavy (non-hydrogen) atoms. The Kier molecular flexibility index (Phi) is 18.2. The molecule has 0 bridgehead atoms. The molecule has 0 radical (unpaired) electrons. The number of carbonyl (C=O) groups excluding carboxylic acids is 1. The molecule has 4 aliphatic heterocycles. The highest BCUT2D eigenvalue weighted by Crippen LogP contribution is 2.45. The molecule has 13 N–H and O–H groups in total. The first kappa shape index (κ1) is 52.2. The molecule has 3 aliphatic carbocycles. The number of methoxy groups -OCH3 is 1. The lowest BCUT2D eigenvalue weighted by atomic mass is 9.73. The van der Waals surface area contributed by atoms with Gasteiger partial charge >= 0.3 is 5.97 Å². The van der Waals surface area contributed by atoms with E-state index in [1.165, 1.54) is 13.2 Å². The van der Waals surface area contributed by atoms with Crippen LogP contribution >= 0.6 is 0 Å². The Bertz CT molecular complexity index is 1550. The largest absolute Gasteiger partial charge is 0.460 e. The van der Waals surface area contributed by atoms with Crippen molar-refractivity contribution in [3.8, 4) is 0 Å². The summed E-state index contributed by atoms with van der Waals surface area (Å²) in [7, 11) is 1.49. The Balaban J connectivity index is 1.14. The van der Waals surface area contributed by atoms with Crippen LogP contribution in [-0.4, -0.2) is 240 Å². The Morgan fingerprint density at radius 1 is 0.561 bits per heavy atom. The zero-order valence-electron chi connectivity index (χ0n) is 36.8. The van der Waals surface area contributed by atoms with Gasteiger partial charge in [0.25, 0.3) is 0 Å². The van der Waals surface area contributed by atoms with Crippen LogP contribution < -0.4 is 0 Å². The molecule has 23 nitrogen and oxygen atoms in total. The van der Waals surface area contributed by atoms with Crippen LogP contribution in [0.5, 0.6) is 0 Å². The van der Waals surface area contributed by atoms with E-state index >= 15 is 0 Å². The minimum Gasteiger partial charge on any atom is -0.460 e. The third-order valence-electron chi connectivity index (χ3n) is 14.6. The van der Waals surface area contributed by atoms with E-state index in [0.717, 1.165) is 0 Å². The minimum atomic E-state index is -1.93. The number of aliphatic hydroxyl groups is 13. The molecule has 0 aromatic heterocycles. The third-order valence-corrected chi connectivity index (χ3v) is 14.6. The lowest BCUT2D eigenvalue weighted by molar-refractivity contribution is -0.380. The summed E-state index contributed by atoms with van der Waals surface area (Å²) in [5.41, 5.74) is 0. The van der Waals surface area contributed by atoms with Crippen molar-refractivity contribution in [1.29, 1.82) is 0 Å². The molecule has 0 aromatic carbocycles. The number of allylic oxidation sites excluding steroid dienone is 1. The highest BCUT2D eigenvalue weighted by molar-refractivity contribution is 5.81. The Morgan fingerprint density at radius 3 is 1.77 bits per heavy atom. The van der Waals surface area contributed by atoms with Crippen LogP contribution in [0.1, 0.15) is 64.2 Å². The first-order valence-electron chi connectivity index (χ1n) is 23.2. The predicted molar refractivity (Wildman–Crippen MR) is 217 cm³/mol. The van der Waals surface area contributed by atoms with E-state index in [-0.39, 0.29) is 31.1 Å². The second-order valence-electron chi connectivity index (χ2n) is 19.0. The zero-order valence-corrected chi connectivity index (χ0v) is 36.8. The molecule has 7 aliphatic rings. The summed E-state index contributed by atoms with van der Waals surface area (Å²) in [6.45, 7) is -2.09. The third kappa shape index (κ3) is 11.8. The zero-order chi connectivity index (χ0) is 47.6. The van der Waals surface area contributed by atoms with Crippen LogP contribution in [0.15, 0.2) is 12.2 Å². The number of fused-ring (bicyclic) bond motifs is 1. The van der Waals surface area contributed by atoms with Crippen LogP contribution in [0.3, 0.4) is 0 Å². The molecule has 4 saturated heterocycles. The Hall–Kier alpha value is -1.63. The van der Waals surface area contributed by atoms with Gasteiger partial charge in [-0.2, -0.15) is 0 Å². The van der Waals surface area contributed by atoms with Crippen LogP contribution in [-0.2, 0) is 47.4 Å². The lowest BCUT2D eigenvalue weighted by Gasteiger charge is -2.52. The van der Waals surface area contributed by atoms with Gasteiger partial charge in [0.15, 0.2) is 18.9 Å². The molecule has 380 valence electrons. The average Bonchev–Trinajstić information content (AvgIpc) is 3.30. The summed E-state index contributed by atoms with van der Waals surface area (Å²) in [5.74, 6) is -1.72. The van der Waals surface area contributed by atoms with E-state index in [2.05, 4.69) is 0 Å². The van der Waals surface area contributed by atoms with Crippen LogP contribution in [0, 0.1) is 17.8 Å². The van der Waals surface area contributed by atoms with Gasteiger partial charge in [-0.3, -0.25) is 0 Å². The molecular formula is C43H70O23. The SMILES string of the molecule is COC1CC(C=CC(=O)OC[C@H]2O[C@@H](OC3CC4C(CC(O)CC4O[C@@H]4O[C@H](CO)[C@@H](O)[C@H](O)[C@H]4O)OC3C3CCC(O)CC3)[C@H](O[C@@H]3O[C@H](CO)[C@@H](O)[C@H](O)[C@H]3O)[C@@H](O)[C@@H]2O)CCC1O. The average molecular weight is 955 g/mol. The van der Waals surface area contributed by atoms with Gasteiger partial charge in [-0.1, -0.05) is 6.08 Å². The number of rotatable bonds is 14. The van der Waals surface area contributed by atoms with Gasteiger partial charge in [-0.05, 0) is 69.6 Å². The quantitative estimate of drug-likeness (QED) is 0.0572. The monoisotopic (exact) mass is 954 g/mol. The van der Waals surface area contributed by atoms with Gasteiger partial charge in [0.05, 0.1) is 62.0 Å². The van der Waals surface area contributed by atoms with Crippen LogP contribution in [0.4, 0.5) is 0 Å². The maximum atomic E-state index is 13.0. The summed E-state index contributed by atoms with van der Waals surface area (Å²) in [6.07, 6.45) is -24.6. The first-order valence-corrected chi connectivity index (χ1v) is 23.2. The second-order valence-corrected chi connectivity index (χ2v) is 19.0. The van der Waals surface area contributed by atoms with Crippen molar-refractivity contribution < 1.29 is 114 Å². The molecule has 9 unspecified atom stereocenters. The highest BCUT2D eigenvalue weighted by atomic mass is 16.8. The standard InChI is InChI=1S/C43H70O23/c1-58-25-10-17(2-8-22(25)48)3-9-30(49)59-16-29-33(52)36(55)40(66-42-38(57)35(54)32(51)28(15-45)64-42)43(65-29)62-26-13-21-23(60-39(26)18-4-6-19(46)7-5-18)11-20(47)12-24(21)61-41-37(56)34(53)31(50)27(14-44)63-41/h3,9,17-29,31-48,50-57H,2,4-8,10-16H2,1H3/t17?,18?,19?,20?,21?,22?,23?,24?,25?,26?,27-,28-,29-,31-,32-,33-,34+,35+,36+,37-,38-,39?,40-,41-,42+,43-/m1/s1. The van der Waals surface area contributed by atoms with Crippen molar-refractivity contribution in [3.05, 3.63) is 12.2 Å². The number of hydrogen-bond donors (Lipinski definition) is 13. The molecule has 0 amide bonds. The number of carbonyl (C=O) groups is 1. The van der Waals surface area contributed by atoms with Gasteiger partial charge in [-0.25, -0.2) is 4.79 Å². The molecule has 3 saturated carbocycles. The molecule has 0 spiro atoms. The Morgan fingerprint density at radius 2 is 1.15 bits per heavy atom. The van der Waals surface area contributed by atoms with E-state index in [9.17, 15) is 71.2 Å². The summed E-state index contributed by atoms with van der Waals surface area (Å²) < 4.78 is 54.1. The van der Waals surface area contributed by atoms with Gasteiger partial charge in [-0.15, -0.1) is 0 Å². The topological polar surface area (TPSA) is 363 Å². The van der Waals surface area contributed by atoms with E-state index in [1.54, 1.807) is 6.08 Å². The summed E-state index contributed by atoms with van der Waals surface area (Å²) in [4.78, 5) is 13.0. The fraction of sp³-hybridized carbons (Fsp3) is 0.930. The smallest absolute Gasteiger partial charge is 0.330 e. The molecule has 4 heterocycles. The van der Waals surface area contributed by atoms with Crippen LogP contribution in [0.2, 0.25) is 0 Å². The first-order chi connectivity index (χ1) is 31.5. The molecule has 0 aromatic rings. The van der Waals surface area contributed by atoms with Crippen molar-refractivity contribution in [2.24, 2.45) is 17.8 Å². The summed E-state index contributed by atoms with van der Waals surface area (Å²) >= 11 is 0. The lowest BCUT2D eigenvalue weighted by Crippen LogP contribution is -2.66. The maximum absolute atomic E-state index is 13.0. The fourth-order valence-corrected chi connectivity index (χ4v) is 10.7. The van der Waals surface area contributed by atoms with E-state index in [0.29, 0.717) is 44.9 Å². The molecular weight excluding hydrogens is 884 g/mol. The van der Waals surface area contributed by atoms with E-state index < -0.39 is 173 Å². The van der Waals surface area contributed by atoms with Crippen LogP contribution in [0.25, 0.3) is 0 Å². The van der Waals surface area contributed by atoms with E-state index in [4.69, 9.17) is 42.6 Å². The summed E-state index contributed by atoms with van der Waals surface area (Å²) in [5, 5.41) is 138. The highest BCUT2D eigenvalue weighted by Gasteiger charge is 2.56. The van der Waals surface area contributed by atoms with Crippen molar-refractivity contribution in [3.63, 3.8) is 0 Å². The normalized spacial score (nSPS) is 50.5. The summed E-state index contributed by atoms with van der Waals surface area (Å²) in [6, 6.07) is 0. The Labute approximate surface area is 381 Å². The van der Waals surface area contributed by atoms with Gasteiger partial charge < -0.3 is 109 Å². The maximum Gasteiger partial charge on any atom is 0.330 e. The number of aliphatic hydroxyl groups excluding tert-OH is 13. The van der Waals surface area contributed by atoms with Crippen molar-refractivity contribution >= 4 is 5.97 Å². The van der Waals surface area contributed by atoms with Crippen molar-refractivity contribution in [2.45, 2.75) is 205 Å². The molecule has 23 heteroatoms. The second kappa shape index (κ2) is 23.1. The minimum absolute atomic E-state index is 0.0117. The molecule has 7 rings (SSSR count). The van der Waals surface area contributed by atoms with Gasteiger partial charge in [0, 0.05) is 25.5 Å². The van der Waals surface area contributed by atoms with Gasteiger partial charge in [0.1, 0.15) is 79.9 Å². The predicted octanol–water partition coefficient (Wildman–Crippen LogP) is -5.06. The van der Waals surface area contributed by atoms with Crippen molar-refractivity contribution in [2.75, 3.05) is 26.9 Å². The van der Waals surface area contributed by atoms with Crippen molar-refractivity contribution in [1.82, 2.24) is 0 Å². The molecule has 24 atom stereocenters.